The minimum atomic E-state index is -0.479. The Morgan fingerprint density at radius 1 is 1.43 bits per heavy atom. The van der Waals surface area contributed by atoms with E-state index in [4.69, 9.17) is 5.73 Å². The van der Waals surface area contributed by atoms with Crippen LogP contribution in [0.2, 0.25) is 0 Å². The molecule has 1 aromatic rings. The molecule has 1 aliphatic rings. The Morgan fingerprint density at radius 2 is 2.05 bits per heavy atom. The maximum atomic E-state index is 12.7. The molecule has 7 heteroatoms. The summed E-state index contributed by atoms with van der Waals surface area (Å²) in [5.74, 6) is -0.214. The zero-order chi connectivity index (χ0) is 15.6. The highest BCUT2D eigenvalue weighted by molar-refractivity contribution is 5.93. The van der Waals surface area contributed by atoms with E-state index in [1.807, 2.05) is 11.8 Å². The number of carbonyl (C=O) groups is 1. The highest BCUT2D eigenvalue weighted by atomic mass is 16.6. The maximum absolute atomic E-state index is 12.7. The van der Waals surface area contributed by atoms with Crippen molar-refractivity contribution in [3.8, 4) is 0 Å². The van der Waals surface area contributed by atoms with Gasteiger partial charge in [0.2, 0.25) is 0 Å². The lowest BCUT2D eigenvalue weighted by atomic mass is 9.90. The van der Waals surface area contributed by atoms with Crippen LogP contribution in [0.3, 0.4) is 0 Å². The molecule has 1 aromatic heterocycles. The topological polar surface area (TPSA) is 94.4 Å². The molecule has 0 atom stereocenters. The molecular formula is C14H22N4O3. The number of carbonyl (C=O) groups excluding carboxylic acids is 1. The first-order chi connectivity index (χ1) is 9.95. The van der Waals surface area contributed by atoms with E-state index in [1.54, 1.807) is 7.05 Å². The third-order valence-electron chi connectivity index (χ3n) is 4.29. The summed E-state index contributed by atoms with van der Waals surface area (Å²) in [5, 5.41) is 10.9. The molecule has 0 aromatic carbocycles. The Bertz CT molecular complexity index is 532. The number of aromatic nitrogens is 1. The summed E-state index contributed by atoms with van der Waals surface area (Å²) < 4.78 is 1.35. The SMILES string of the molecule is CCN(C(=O)c1ccc([N+](=O)[O-])n1C)C1CCC(N)CC1. The zero-order valence-electron chi connectivity index (χ0n) is 12.5. The average Bonchev–Trinajstić information content (AvgIpc) is 2.83. The predicted octanol–water partition coefficient (Wildman–Crippen LogP) is 1.67. The maximum Gasteiger partial charge on any atom is 0.323 e. The number of hydrogen-bond donors (Lipinski definition) is 1. The minimum Gasteiger partial charge on any atom is -0.358 e. The van der Waals surface area contributed by atoms with Crippen LogP contribution in [0.1, 0.15) is 43.1 Å². The summed E-state index contributed by atoms with van der Waals surface area (Å²) in [6.07, 6.45) is 3.63. The smallest absolute Gasteiger partial charge is 0.323 e. The van der Waals surface area contributed by atoms with E-state index in [9.17, 15) is 14.9 Å². The van der Waals surface area contributed by atoms with Crippen LogP contribution in [-0.2, 0) is 7.05 Å². The van der Waals surface area contributed by atoms with Crippen molar-refractivity contribution < 1.29 is 9.72 Å². The van der Waals surface area contributed by atoms with E-state index < -0.39 is 4.92 Å². The second kappa shape index (κ2) is 6.26. The second-order valence-electron chi connectivity index (χ2n) is 5.55. The molecule has 116 valence electrons. The van der Waals surface area contributed by atoms with E-state index >= 15 is 0 Å². The number of rotatable bonds is 4. The Morgan fingerprint density at radius 3 is 2.52 bits per heavy atom. The Balaban J connectivity index is 2.18. The molecule has 0 spiro atoms. The number of nitrogens with two attached hydrogens (primary N) is 1. The molecule has 1 aliphatic carbocycles. The van der Waals surface area contributed by atoms with E-state index in [0.717, 1.165) is 25.7 Å². The van der Waals surface area contributed by atoms with Crippen molar-refractivity contribution in [2.24, 2.45) is 12.8 Å². The van der Waals surface area contributed by atoms with Crippen molar-refractivity contribution in [1.29, 1.82) is 0 Å². The largest absolute Gasteiger partial charge is 0.358 e. The lowest BCUT2D eigenvalue weighted by Gasteiger charge is -2.35. The fourth-order valence-corrected chi connectivity index (χ4v) is 3.03. The first-order valence-electron chi connectivity index (χ1n) is 7.32. The molecule has 1 heterocycles. The first kappa shape index (κ1) is 15.5. The first-order valence-corrected chi connectivity index (χ1v) is 7.32. The quantitative estimate of drug-likeness (QED) is 0.675. The fraction of sp³-hybridized carbons (Fsp3) is 0.643. The van der Waals surface area contributed by atoms with E-state index in [1.165, 1.54) is 16.7 Å². The van der Waals surface area contributed by atoms with Gasteiger partial charge < -0.3 is 20.7 Å². The summed E-state index contributed by atoms with van der Waals surface area (Å²) in [5.41, 5.74) is 6.26. The van der Waals surface area contributed by atoms with Gasteiger partial charge in [-0.3, -0.25) is 4.79 Å². The van der Waals surface area contributed by atoms with Crippen LogP contribution < -0.4 is 5.73 Å². The van der Waals surface area contributed by atoms with Gasteiger partial charge in [-0.1, -0.05) is 0 Å². The van der Waals surface area contributed by atoms with E-state index in [-0.39, 0.29) is 23.8 Å². The molecular weight excluding hydrogens is 272 g/mol. The number of amides is 1. The molecule has 0 saturated heterocycles. The van der Waals surface area contributed by atoms with Gasteiger partial charge in [0, 0.05) is 24.7 Å². The molecule has 1 fully saturated rings. The number of hydrogen-bond acceptors (Lipinski definition) is 4. The molecule has 2 N–H and O–H groups in total. The van der Waals surface area contributed by atoms with Gasteiger partial charge in [0.05, 0.1) is 7.05 Å². The molecule has 0 aliphatic heterocycles. The van der Waals surface area contributed by atoms with Crippen LogP contribution in [0.15, 0.2) is 12.1 Å². The molecule has 1 amide bonds. The Labute approximate surface area is 123 Å². The third-order valence-corrected chi connectivity index (χ3v) is 4.29. The Kier molecular flexibility index (Phi) is 4.62. The van der Waals surface area contributed by atoms with Crippen molar-refractivity contribution in [2.75, 3.05) is 6.54 Å². The van der Waals surface area contributed by atoms with Crippen molar-refractivity contribution >= 4 is 11.7 Å². The van der Waals surface area contributed by atoms with Gasteiger partial charge >= 0.3 is 5.82 Å². The van der Waals surface area contributed by atoms with Gasteiger partial charge in [0.1, 0.15) is 0 Å². The summed E-state index contributed by atoms with van der Waals surface area (Å²) in [6.45, 7) is 2.53. The van der Waals surface area contributed by atoms with Gasteiger partial charge in [-0.05, 0) is 43.6 Å². The third kappa shape index (κ3) is 3.07. The van der Waals surface area contributed by atoms with Gasteiger partial charge in [0.25, 0.3) is 5.91 Å². The average molecular weight is 294 g/mol. The van der Waals surface area contributed by atoms with Gasteiger partial charge in [-0.2, -0.15) is 0 Å². The highest BCUT2D eigenvalue weighted by Crippen LogP contribution is 2.24. The standard InChI is InChI=1S/C14H22N4O3/c1-3-17(11-6-4-10(15)5-7-11)14(19)12-8-9-13(16(12)2)18(20)21/h8-11H,3-7,15H2,1-2H3. The van der Waals surface area contributed by atoms with Crippen LogP contribution in [0.5, 0.6) is 0 Å². The summed E-state index contributed by atoms with van der Waals surface area (Å²) >= 11 is 0. The van der Waals surface area contributed by atoms with E-state index in [0.29, 0.717) is 12.2 Å². The number of nitrogens with zero attached hydrogens (tertiary/aromatic N) is 3. The highest BCUT2D eigenvalue weighted by Gasteiger charge is 2.31. The van der Waals surface area contributed by atoms with Crippen LogP contribution in [0, 0.1) is 10.1 Å². The van der Waals surface area contributed by atoms with Gasteiger partial charge in [0.15, 0.2) is 5.69 Å². The van der Waals surface area contributed by atoms with Crippen molar-refractivity contribution in [2.45, 2.75) is 44.7 Å². The van der Waals surface area contributed by atoms with Crippen LogP contribution in [-0.4, -0.2) is 38.9 Å². The lowest BCUT2D eigenvalue weighted by molar-refractivity contribution is -0.391. The van der Waals surface area contributed by atoms with Crippen molar-refractivity contribution in [1.82, 2.24) is 9.47 Å². The normalized spacial score (nSPS) is 22.0. The lowest BCUT2D eigenvalue weighted by Crippen LogP contribution is -2.44. The minimum absolute atomic E-state index is 0.0694. The van der Waals surface area contributed by atoms with Crippen LogP contribution >= 0.6 is 0 Å². The molecule has 2 rings (SSSR count). The zero-order valence-corrected chi connectivity index (χ0v) is 12.5. The Hall–Kier alpha value is -1.89. The molecule has 1 saturated carbocycles. The van der Waals surface area contributed by atoms with Crippen LogP contribution in [0.4, 0.5) is 5.82 Å². The second-order valence-corrected chi connectivity index (χ2v) is 5.55. The molecule has 21 heavy (non-hydrogen) atoms. The number of nitro groups is 1. The van der Waals surface area contributed by atoms with Crippen LogP contribution in [0.25, 0.3) is 0 Å². The summed E-state index contributed by atoms with van der Waals surface area (Å²) in [7, 11) is 1.55. The molecule has 0 unspecified atom stereocenters. The molecule has 7 nitrogen and oxygen atoms in total. The predicted molar refractivity (Wildman–Crippen MR) is 79.0 cm³/mol. The van der Waals surface area contributed by atoms with Crippen molar-refractivity contribution in [3.63, 3.8) is 0 Å². The monoisotopic (exact) mass is 294 g/mol. The summed E-state index contributed by atoms with van der Waals surface area (Å²) in [4.78, 5) is 24.9. The van der Waals surface area contributed by atoms with Gasteiger partial charge in [-0.25, -0.2) is 4.57 Å². The van der Waals surface area contributed by atoms with Gasteiger partial charge in [-0.15, -0.1) is 0 Å². The molecule has 0 radical (unpaired) electrons. The molecule has 0 bridgehead atoms. The van der Waals surface area contributed by atoms with Crippen molar-refractivity contribution in [3.05, 3.63) is 27.9 Å². The van der Waals surface area contributed by atoms with E-state index in [2.05, 4.69) is 0 Å². The fourth-order valence-electron chi connectivity index (χ4n) is 3.03. The summed E-state index contributed by atoms with van der Waals surface area (Å²) in [6, 6.07) is 3.30.